The number of rotatable bonds is 2. The van der Waals surface area contributed by atoms with Crippen LogP contribution in [0.2, 0.25) is 0 Å². The number of anilines is 1. The van der Waals surface area contributed by atoms with Gasteiger partial charge >= 0.3 is 0 Å². The average molecular weight is 215 g/mol. The van der Waals surface area contributed by atoms with E-state index in [1.165, 1.54) is 11.1 Å². The Balaban J connectivity index is 1.78. The van der Waals surface area contributed by atoms with Crippen molar-refractivity contribution in [2.24, 2.45) is 0 Å². The van der Waals surface area contributed by atoms with Gasteiger partial charge < -0.3 is 10.3 Å². The molecule has 0 radical (unpaired) electrons. The normalized spacial score (nSPS) is 15.2. The van der Waals surface area contributed by atoms with Crippen LogP contribution in [0.4, 0.5) is 5.69 Å². The number of nitrogen functional groups attached to an aromatic ring is 1. The third kappa shape index (κ3) is 1.57. The molecule has 16 heavy (non-hydrogen) atoms. The molecule has 1 aliphatic heterocycles. The fraction of sp³-hybridized carbons (Fsp3) is 0.250. The molecular weight excluding hydrogens is 202 g/mol. The number of aromatic nitrogens is 1. The number of fused-ring (bicyclic) bond motifs is 1. The van der Waals surface area contributed by atoms with Crippen LogP contribution in [-0.4, -0.2) is 10.1 Å². The lowest BCUT2D eigenvalue weighted by Crippen LogP contribution is -2.15. The second-order valence-corrected chi connectivity index (χ2v) is 4.12. The van der Waals surface area contributed by atoms with Gasteiger partial charge in [0.15, 0.2) is 0 Å². The predicted molar refractivity (Wildman–Crippen MR) is 60.3 cm³/mol. The molecule has 4 nitrogen and oxygen atoms in total. The minimum atomic E-state index is 0.810. The lowest BCUT2D eigenvalue weighted by atomic mass is 10.1. The monoisotopic (exact) mass is 215 g/mol. The van der Waals surface area contributed by atoms with Gasteiger partial charge in [0.25, 0.3) is 0 Å². The highest BCUT2D eigenvalue weighted by Crippen LogP contribution is 2.28. The van der Waals surface area contributed by atoms with E-state index in [4.69, 9.17) is 10.3 Å². The molecular formula is C12H13N3O. The summed E-state index contributed by atoms with van der Waals surface area (Å²) in [7, 11) is 0. The third-order valence-corrected chi connectivity index (χ3v) is 2.96. The number of benzene rings is 1. The molecule has 0 atom stereocenters. The smallest absolute Gasteiger partial charge is 0.124 e. The fourth-order valence-electron chi connectivity index (χ4n) is 2.18. The largest absolute Gasteiger partial charge is 0.398 e. The van der Waals surface area contributed by atoms with Crippen molar-refractivity contribution in [1.82, 2.24) is 10.1 Å². The second-order valence-electron chi connectivity index (χ2n) is 4.12. The summed E-state index contributed by atoms with van der Waals surface area (Å²) in [6.07, 6.45) is 1.60. The van der Waals surface area contributed by atoms with Crippen LogP contribution < -0.4 is 5.73 Å². The Bertz CT molecular complexity index is 493. The van der Waals surface area contributed by atoms with Crippen molar-refractivity contribution >= 4 is 5.69 Å². The first-order valence-corrected chi connectivity index (χ1v) is 5.31. The zero-order valence-electron chi connectivity index (χ0n) is 8.89. The number of nitrogens with two attached hydrogens (primary N) is 1. The molecule has 0 spiro atoms. The maximum Gasteiger partial charge on any atom is 0.124 e. The van der Waals surface area contributed by atoms with E-state index in [9.17, 15) is 0 Å². The van der Waals surface area contributed by atoms with E-state index in [-0.39, 0.29) is 0 Å². The van der Waals surface area contributed by atoms with Gasteiger partial charge in [-0.3, -0.25) is 4.90 Å². The molecule has 0 fully saturated rings. The first-order valence-electron chi connectivity index (χ1n) is 5.31. The van der Waals surface area contributed by atoms with Crippen molar-refractivity contribution in [3.05, 3.63) is 47.3 Å². The predicted octanol–water partition coefficient (Wildman–Crippen LogP) is 1.77. The van der Waals surface area contributed by atoms with Gasteiger partial charge in [0.05, 0.1) is 5.69 Å². The van der Waals surface area contributed by atoms with Crippen LogP contribution in [-0.2, 0) is 19.6 Å². The first kappa shape index (κ1) is 9.42. The van der Waals surface area contributed by atoms with E-state index in [2.05, 4.69) is 16.1 Å². The Kier molecular flexibility index (Phi) is 2.15. The van der Waals surface area contributed by atoms with Crippen LogP contribution in [0, 0.1) is 0 Å². The second kappa shape index (κ2) is 3.64. The van der Waals surface area contributed by atoms with Crippen LogP contribution in [0.3, 0.4) is 0 Å². The molecule has 0 bridgehead atoms. The van der Waals surface area contributed by atoms with E-state index in [1.54, 1.807) is 6.26 Å². The molecule has 2 aromatic rings. The third-order valence-electron chi connectivity index (χ3n) is 2.96. The van der Waals surface area contributed by atoms with E-state index in [0.29, 0.717) is 0 Å². The summed E-state index contributed by atoms with van der Waals surface area (Å²) in [6, 6.07) is 7.99. The summed E-state index contributed by atoms with van der Waals surface area (Å²) < 4.78 is 4.82. The van der Waals surface area contributed by atoms with Gasteiger partial charge in [0.1, 0.15) is 6.26 Å². The van der Waals surface area contributed by atoms with E-state index in [0.717, 1.165) is 31.0 Å². The van der Waals surface area contributed by atoms with Crippen molar-refractivity contribution in [1.29, 1.82) is 0 Å². The van der Waals surface area contributed by atoms with Gasteiger partial charge in [-0.25, -0.2) is 0 Å². The summed E-state index contributed by atoms with van der Waals surface area (Å²) in [5.41, 5.74) is 10.4. The number of hydrogen-bond acceptors (Lipinski definition) is 4. The Morgan fingerprint density at radius 1 is 1.31 bits per heavy atom. The molecule has 1 aliphatic rings. The molecule has 0 unspecified atom stereocenters. The van der Waals surface area contributed by atoms with Crippen LogP contribution >= 0.6 is 0 Å². The molecule has 4 heteroatoms. The van der Waals surface area contributed by atoms with Crippen molar-refractivity contribution in [2.45, 2.75) is 19.6 Å². The van der Waals surface area contributed by atoms with Crippen LogP contribution in [0.1, 0.15) is 16.8 Å². The quantitative estimate of drug-likeness (QED) is 0.776. The summed E-state index contributed by atoms with van der Waals surface area (Å²) in [6.45, 7) is 2.65. The lowest BCUT2D eigenvalue weighted by Gasteiger charge is -2.11. The van der Waals surface area contributed by atoms with E-state index < -0.39 is 0 Å². The molecule has 0 saturated heterocycles. The maximum absolute atomic E-state index is 5.95. The van der Waals surface area contributed by atoms with Gasteiger partial charge in [0.2, 0.25) is 0 Å². The molecule has 0 saturated carbocycles. The molecule has 1 aromatic heterocycles. The van der Waals surface area contributed by atoms with Crippen LogP contribution in [0.15, 0.2) is 35.1 Å². The zero-order valence-corrected chi connectivity index (χ0v) is 8.89. The minimum Gasteiger partial charge on any atom is -0.398 e. The van der Waals surface area contributed by atoms with Crippen molar-refractivity contribution < 1.29 is 4.52 Å². The molecule has 0 amide bonds. The Hall–Kier alpha value is -1.81. The van der Waals surface area contributed by atoms with Gasteiger partial charge in [-0.2, -0.15) is 0 Å². The molecule has 1 aromatic carbocycles. The van der Waals surface area contributed by atoms with Crippen LogP contribution in [0.25, 0.3) is 0 Å². The highest BCUT2D eigenvalue weighted by atomic mass is 16.5. The summed E-state index contributed by atoms with van der Waals surface area (Å²) in [4.78, 5) is 2.30. The van der Waals surface area contributed by atoms with Gasteiger partial charge in [-0.15, -0.1) is 0 Å². The van der Waals surface area contributed by atoms with Gasteiger partial charge in [-0.1, -0.05) is 17.3 Å². The maximum atomic E-state index is 5.95. The topological polar surface area (TPSA) is 55.3 Å². The Morgan fingerprint density at radius 2 is 2.25 bits per heavy atom. The highest BCUT2D eigenvalue weighted by molar-refractivity contribution is 5.52. The number of hydrogen-bond donors (Lipinski definition) is 1. The Morgan fingerprint density at radius 3 is 3.00 bits per heavy atom. The fourth-order valence-corrected chi connectivity index (χ4v) is 2.18. The minimum absolute atomic E-state index is 0.810. The number of nitrogens with zero attached hydrogens (tertiary/aromatic N) is 2. The summed E-state index contributed by atoms with van der Waals surface area (Å²) in [5.74, 6) is 0. The zero-order chi connectivity index (χ0) is 11.0. The van der Waals surface area contributed by atoms with Crippen molar-refractivity contribution in [3.8, 4) is 0 Å². The molecule has 2 N–H and O–H groups in total. The molecule has 2 heterocycles. The van der Waals surface area contributed by atoms with Crippen LogP contribution in [0.5, 0.6) is 0 Å². The van der Waals surface area contributed by atoms with Crippen molar-refractivity contribution in [2.75, 3.05) is 5.73 Å². The molecule has 0 aliphatic carbocycles. The standard InChI is InChI=1S/C12H13N3O/c13-12-3-1-2-9-6-15(8-11(9)12)7-10-4-5-16-14-10/h1-5H,6-8,13H2. The van der Waals surface area contributed by atoms with Gasteiger partial charge in [-0.05, 0) is 17.2 Å². The molecule has 3 rings (SSSR count). The Labute approximate surface area is 93.6 Å². The average Bonchev–Trinajstić information content (AvgIpc) is 2.88. The lowest BCUT2D eigenvalue weighted by molar-refractivity contribution is 0.265. The first-order chi connectivity index (χ1) is 7.83. The summed E-state index contributed by atoms with van der Waals surface area (Å²) in [5, 5.41) is 3.92. The highest BCUT2D eigenvalue weighted by Gasteiger charge is 2.21. The SMILES string of the molecule is Nc1cccc2c1CN(Cc1ccon1)C2. The summed E-state index contributed by atoms with van der Waals surface area (Å²) >= 11 is 0. The van der Waals surface area contributed by atoms with Gasteiger partial charge in [0, 0.05) is 31.4 Å². The van der Waals surface area contributed by atoms with E-state index >= 15 is 0 Å². The molecule has 82 valence electrons. The van der Waals surface area contributed by atoms with E-state index in [1.807, 2.05) is 18.2 Å². The van der Waals surface area contributed by atoms with Crippen molar-refractivity contribution in [3.63, 3.8) is 0 Å².